The lowest BCUT2D eigenvalue weighted by atomic mass is 9.98. The lowest BCUT2D eigenvalue weighted by molar-refractivity contribution is 0.101. The number of carbonyl (C=O) groups is 1. The molecule has 0 aliphatic heterocycles. The van der Waals surface area contributed by atoms with E-state index < -0.39 is 0 Å². The van der Waals surface area contributed by atoms with E-state index in [2.05, 4.69) is 0 Å². The summed E-state index contributed by atoms with van der Waals surface area (Å²) in [5.74, 6) is -0.0269. The van der Waals surface area contributed by atoms with Gasteiger partial charge in [0.2, 0.25) is 0 Å². The number of fused-ring (bicyclic) bond motifs is 1. The Kier molecular flexibility index (Phi) is 3.41. The number of nitrogens with zero attached hydrogens (tertiary/aromatic N) is 1. The van der Waals surface area contributed by atoms with Gasteiger partial charge in [0, 0.05) is 23.4 Å². The average Bonchev–Trinajstić information content (AvgIpc) is 2.51. The van der Waals surface area contributed by atoms with Gasteiger partial charge in [-0.2, -0.15) is 0 Å². The first-order valence-electron chi connectivity index (χ1n) is 7.20. The summed E-state index contributed by atoms with van der Waals surface area (Å²) in [5.41, 5.74) is 3.21. The van der Waals surface area contributed by atoms with Crippen LogP contribution in [-0.4, -0.2) is 10.4 Å². The molecule has 2 aromatic carbocycles. The molecule has 0 aliphatic rings. The van der Waals surface area contributed by atoms with E-state index in [1.54, 1.807) is 11.6 Å². The molecule has 3 aromatic rings. The van der Waals surface area contributed by atoms with Crippen LogP contribution in [0.25, 0.3) is 22.0 Å². The number of Topliss-reactive ketones (excluding diaryl/α,β-unsaturated/α-hetero) is 1. The Hall–Kier alpha value is -2.68. The SMILES string of the molecule is CC(=O)c1cc(C)cc2c(=O)n(C)c(-c3ccccc3)cc12. The molecular formula is C19H17NO2. The minimum atomic E-state index is -0.0810. The fraction of sp³-hybridized carbons (Fsp3) is 0.158. The normalized spacial score (nSPS) is 10.9. The average molecular weight is 291 g/mol. The van der Waals surface area contributed by atoms with Crippen molar-refractivity contribution in [1.29, 1.82) is 0 Å². The van der Waals surface area contributed by atoms with Crippen molar-refractivity contribution in [2.45, 2.75) is 13.8 Å². The highest BCUT2D eigenvalue weighted by Crippen LogP contribution is 2.25. The molecule has 0 spiro atoms. The molecule has 1 heterocycles. The summed E-state index contributed by atoms with van der Waals surface area (Å²) in [5, 5.41) is 1.31. The van der Waals surface area contributed by atoms with Crippen molar-refractivity contribution in [3.63, 3.8) is 0 Å². The molecular weight excluding hydrogens is 274 g/mol. The minimum Gasteiger partial charge on any atom is -0.311 e. The maximum absolute atomic E-state index is 12.7. The van der Waals surface area contributed by atoms with Gasteiger partial charge in [-0.1, -0.05) is 30.3 Å². The van der Waals surface area contributed by atoms with Crippen LogP contribution in [0, 0.1) is 6.92 Å². The fourth-order valence-electron chi connectivity index (χ4n) is 2.83. The fourth-order valence-corrected chi connectivity index (χ4v) is 2.83. The maximum atomic E-state index is 12.7. The van der Waals surface area contributed by atoms with Gasteiger partial charge in [-0.25, -0.2) is 0 Å². The Morgan fingerprint density at radius 2 is 1.68 bits per heavy atom. The lowest BCUT2D eigenvalue weighted by Crippen LogP contribution is -2.19. The predicted molar refractivity (Wildman–Crippen MR) is 89.4 cm³/mol. The van der Waals surface area contributed by atoms with Gasteiger partial charge in [0.05, 0.1) is 5.69 Å². The van der Waals surface area contributed by atoms with Crippen LogP contribution in [-0.2, 0) is 7.05 Å². The minimum absolute atomic E-state index is 0.0269. The van der Waals surface area contributed by atoms with E-state index in [1.165, 1.54) is 6.92 Å². The summed E-state index contributed by atoms with van der Waals surface area (Å²) >= 11 is 0. The zero-order valence-electron chi connectivity index (χ0n) is 12.9. The molecule has 1 aromatic heterocycles. The highest BCUT2D eigenvalue weighted by Gasteiger charge is 2.13. The number of pyridine rings is 1. The zero-order chi connectivity index (χ0) is 15.9. The molecule has 3 rings (SSSR count). The van der Waals surface area contributed by atoms with Crippen molar-refractivity contribution in [2.75, 3.05) is 0 Å². The molecule has 0 unspecified atom stereocenters. The van der Waals surface area contributed by atoms with Crippen LogP contribution < -0.4 is 5.56 Å². The van der Waals surface area contributed by atoms with E-state index >= 15 is 0 Å². The molecule has 3 nitrogen and oxygen atoms in total. The van der Waals surface area contributed by atoms with Gasteiger partial charge in [0.15, 0.2) is 5.78 Å². The molecule has 0 amide bonds. The molecule has 0 atom stereocenters. The van der Waals surface area contributed by atoms with Gasteiger partial charge < -0.3 is 4.57 Å². The van der Waals surface area contributed by atoms with Crippen LogP contribution >= 0.6 is 0 Å². The van der Waals surface area contributed by atoms with Gasteiger partial charge in [-0.15, -0.1) is 0 Å². The Labute approximate surface area is 128 Å². The number of hydrogen-bond donors (Lipinski definition) is 0. The van der Waals surface area contributed by atoms with Crippen molar-refractivity contribution < 1.29 is 4.79 Å². The zero-order valence-corrected chi connectivity index (χ0v) is 12.9. The van der Waals surface area contributed by atoms with Crippen LogP contribution in [0.5, 0.6) is 0 Å². The molecule has 0 saturated carbocycles. The second-order valence-electron chi connectivity index (χ2n) is 5.59. The van der Waals surface area contributed by atoms with Crippen molar-refractivity contribution in [3.8, 4) is 11.3 Å². The van der Waals surface area contributed by atoms with Gasteiger partial charge >= 0.3 is 0 Å². The lowest BCUT2D eigenvalue weighted by Gasteiger charge is -2.13. The van der Waals surface area contributed by atoms with Crippen molar-refractivity contribution in [2.24, 2.45) is 7.05 Å². The molecule has 3 heteroatoms. The van der Waals surface area contributed by atoms with E-state index in [1.807, 2.05) is 55.5 Å². The number of benzene rings is 2. The van der Waals surface area contributed by atoms with E-state index in [0.29, 0.717) is 10.9 Å². The molecule has 22 heavy (non-hydrogen) atoms. The number of ketones is 1. The largest absolute Gasteiger partial charge is 0.311 e. The van der Waals surface area contributed by atoms with Gasteiger partial charge in [-0.3, -0.25) is 9.59 Å². The molecule has 0 fully saturated rings. The third kappa shape index (κ3) is 2.25. The van der Waals surface area contributed by atoms with Gasteiger partial charge in [0.1, 0.15) is 0 Å². The standard InChI is InChI=1S/C19H17NO2/c1-12-9-15(13(2)21)16-11-18(14-7-5-4-6-8-14)20(3)19(22)17(16)10-12/h4-11H,1-3H3. The monoisotopic (exact) mass is 291 g/mol. The number of aromatic nitrogens is 1. The summed E-state index contributed by atoms with van der Waals surface area (Å²) in [6, 6.07) is 15.4. The first-order chi connectivity index (χ1) is 10.5. The second kappa shape index (κ2) is 5.26. The molecule has 0 N–H and O–H groups in total. The van der Waals surface area contributed by atoms with E-state index in [0.717, 1.165) is 22.2 Å². The van der Waals surface area contributed by atoms with E-state index in [9.17, 15) is 9.59 Å². The van der Waals surface area contributed by atoms with Crippen LogP contribution in [0.15, 0.2) is 53.3 Å². The number of hydrogen-bond acceptors (Lipinski definition) is 2. The molecule has 110 valence electrons. The molecule has 0 aliphatic carbocycles. The molecule has 0 radical (unpaired) electrons. The Morgan fingerprint density at radius 3 is 2.32 bits per heavy atom. The number of aryl methyl sites for hydroxylation is 1. The van der Waals surface area contributed by atoms with Gasteiger partial charge in [-0.05, 0) is 43.2 Å². The Balaban J connectivity index is 2.46. The summed E-state index contributed by atoms with van der Waals surface area (Å²) < 4.78 is 1.64. The first kappa shape index (κ1) is 14.3. The van der Waals surface area contributed by atoms with Crippen LogP contribution in [0.3, 0.4) is 0 Å². The van der Waals surface area contributed by atoms with Crippen molar-refractivity contribution in [1.82, 2.24) is 4.57 Å². The maximum Gasteiger partial charge on any atom is 0.258 e. The summed E-state index contributed by atoms with van der Waals surface area (Å²) in [4.78, 5) is 24.6. The van der Waals surface area contributed by atoms with Gasteiger partial charge in [0.25, 0.3) is 5.56 Å². The first-order valence-corrected chi connectivity index (χ1v) is 7.20. The quantitative estimate of drug-likeness (QED) is 0.675. The van der Waals surface area contributed by atoms with Crippen molar-refractivity contribution >= 4 is 16.6 Å². The molecule has 0 saturated heterocycles. The Morgan fingerprint density at radius 1 is 1.00 bits per heavy atom. The second-order valence-corrected chi connectivity index (χ2v) is 5.59. The van der Waals surface area contributed by atoms with E-state index in [-0.39, 0.29) is 11.3 Å². The highest BCUT2D eigenvalue weighted by atomic mass is 16.1. The topological polar surface area (TPSA) is 39.1 Å². The Bertz CT molecular complexity index is 937. The molecule has 0 bridgehead atoms. The predicted octanol–water partition coefficient (Wildman–Crippen LogP) is 3.72. The number of rotatable bonds is 2. The van der Waals surface area contributed by atoms with Crippen molar-refractivity contribution in [3.05, 3.63) is 70.0 Å². The van der Waals surface area contributed by atoms with Crippen LogP contribution in [0.1, 0.15) is 22.8 Å². The number of carbonyl (C=O) groups excluding carboxylic acids is 1. The summed E-state index contributed by atoms with van der Waals surface area (Å²) in [6.45, 7) is 3.43. The third-order valence-electron chi connectivity index (χ3n) is 3.95. The smallest absolute Gasteiger partial charge is 0.258 e. The van der Waals surface area contributed by atoms with Crippen LogP contribution in [0.4, 0.5) is 0 Å². The van der Waals surface area contributed by atoms with Crippen LogP contribution in [0.2, 0.25) is 0 Å². The van der Waals surface area contributed by atoms with E-state index in [4.69, 9.17) is 0 Å². The summed E-state index contributed by atoms with van der Waals surface area (Å²) in [6.07, 6.45) is 0. The highest BCUT2D eigenvalue weighted by molar-refractivity contribution is 6.07. The summed E-state index contributed by atoms with van der Waals surface area (Å²) in [7, 11) is 1.76. The third-order valence-corrected chi connectivity index (χ3v) is 3.95.